The summed E-state index contributed by atoms with van der Waals surface area (Å²) in [5.74, 6) is 0.594. The number of ether oxygens (including phenoxy) is 1. The average molecular weight is 220 g/mol. The SMILES string of the molecule is COc1ccc2c(c1)CCC2CCC(=O)O. The number of aryl methyl sites for hydroxylation is 1. The van der Waals surface area contributed by atoms with Crippen LogP contribution in [0.4, 0.5) is 0 Å². The lowest BCUT2D eigenvalue weighted by Crippen LogP contribution is -2.00. The van der Waals surface area contributed by atoms with Crippen LogP contribution < -0.4 is 4.74 Å². The Bertz CT molecular complexity index is 398. The molecule has 2 rings (SSSR count). The van der Waals surface area contributed by atoms with E-state index in [0.29, 0.717) is 5.92 Å². The maximum atomic E-state index is 10.5. The monoisotopic (exact) mass is 220 g/mol. The van der Waals surface area contributed by atoms with Crippen molar-refractivity contribution >= 4 is 5.97 Å². The minimum atomic E-state index is -0.707. The molecule has 86 valence electrons. The molecule has 0 aliphatic heterocycles. The Balaban J connectivity index is 2.11. The fraction of sp³-hybridized carbons (Fsp3) is 0.462. The summed E-state index contributed by atoms with van der Waals surface area (Å²) in [6, 6.07) is 6.10. The molecule has 1 aromatic rings. The number of carboxylic acid groups (broad SMARTS) is 1. The molecule has 0 bridgehead atoms. The molecule has 1 unspecified atom stereocenters. The fourth-order valence-corrected chi connectivity index (χ4v) is 2.41. The molecule has 1 aliphatic carbocycles. The van der Waals surface area contributed by atoms with Gasteiger partial charge in [-0.1, -0.05) is 6.07 Å². The standard InChI is InChI=1S/C13H16O3/c1-16-11-5-6-12-9(4-7-13(14)15)2-3-10(12)8-11/h5-6,8-9H,2-4,7H2,1H3,(H,14,15). The molecular weight excluding hydrogens is 204 g/mol. The zero-order valence-electron chi connectivity index (χ0n) is 9.40. The molecule has 1 N–H and O–H groups in total. The van der Waals surface area contributed by atoms with Crippen molar-refractivity contribution in [2.75, 3.05) is 7.11 Å². The first-order valence-electron chi connectivity index (χ1n) is 5.59. The number of rotatable bonds is 4. The average Bonchev–Trinajstić information content (AvgIpc) is 2.68. The van der Waals surface area contributed by atoms with Crippen LogP contribution in [0.15, 0.2) is 18.2 Å². The molecule has 3 nitrogen and oxygen atoms in total. The number of carbonyl (C=O) groups is 1. The highest BCUT2D eigenvalue weighted by atomic mass is 16.5. The third-order valence-corrected chi connectivity index (χ3v) is 3.26. The van der Waals surface area contributed by atoms with Crippen molar-refractivity contribution in [2.45, 2.75) is 31.6 Å². The molecule has 0 spiro atoms. The van der Waals surface area contributed by atoms with Gasteiger partial charge in [0.2, 0.25) is 0 Å². The van der Waals surface area contributed by atoms with Gasteiger partial charge in [0.05, 0.1) is 7.11 Å². The van der Waals surface area contributed by atoms with Gasteiger partial charge in [0.15, 0.2) is 0 Å². The van der Waals surface area contributed by atoms with E-state index in [9.17, 15) is 4.79 Å². The van der Waals surface area contributed by atoms with Gasteiger partial charge in [0.1, 0.15) is 5.75 Å². The van der Waals surface area contributed by atoms with Crippen LogP contribution in [-0.2, 0) is 11.2 Å². The van der Waals surface area contributed by atoms with Crippen LogP contribution in [0.3, 0.4) is 0 Å². The first kappa shape index (κ1) is 11.0. The molecule has 16 heavy (non-hydrogen) atoms. The van der Waals surface area contributed by atoms with Crippen molar-refractivity contribution in [3.05, 3.63) is 29.3 Å². The van der Waals surface area contributed by atoms with Gasteiger partial charge in [0, 0.05) is 6.42 Å². The largest absolute Gasteiger partial charge is 0.497 e. The van der Waals surface area contributed by atoms with E-state index in [2.05, 4.69) is 12.1 Å². The number of benzene rings is 1. The van der Waals surface area contributed by atoms with Gasteiger partial charge in [-0.15, -0.1) is 0 Å². The van der Waals surface area contributed by atoms with Crippen LogP contribution in [0.25, 0.3) is 0 Å². The second-order valence-corrected chi connectivity index (χ2v) is 4.23. The lowest BCUT2D eigenvalue weighted by atomic mass is 9.96. The maximum Gasteiger partial charge on any atom is 0.303 e. The summed E-state index contributed by atoms with van der Waals surface area (Å²) in [4.78, 5) is 10.5. The summed E-state index contributed by atoms with van der Waals surface area (Å²) in [5.41, 5.74) is 2.62. The first-order valence-corrected chi connectivity index (χ1v) is 5.59. The van der Waals surface area contributed by atoms with Gasteiger partial charge in [0.25, 0.3) is 0 Å². The molecule has 0 heterocycles. The highest BCUT2D eigenvalue weighted by molar-refractivity contribution is 5.66. The Labute approximate surface area is 95.0 Å². The van der Waals surface area contributed by atoms with Crippen LogP contribution in [0.2, 0.25) is 0 Å². The molecule has 0 saturated carbocycles. The number of fused-ring (bicyclic) bond motifs is 1. The predicted octanol–water partition coefficient (Wildman–Crippen LogP) is 2.59. The van der Waals surface area contributed by atoms with Crippen LogP contribution in [0.5, 0.6) is 5.75 Å². The van der Waals surface area contributed by atoms with Gasteiger partial charge in [-0.3, -0.25) is 4.79 Å². The Kier molecular flexibility index (Phi) is 3.13. The smallest absolute Gasteiger partial charge is 0.303 e. The minimum absolute atomic E-state index is 0.260. The van der Waals surface area contributed by atoms with E-state index in [1.165, 1.54) is 11.1 Å². The van der Waals surface area contributed by atoms with Crippen molar-refractivity contribution in [1.29, 1.82) is 0 Å². The molecule has 1 aromatic carbocycles. The van der Waals surface area contributed by atoms with E-state index in [1.807, 2.05) is 6.07 Å². The van der Waals surface area contributed by atoms with Crippen molar-refractivity contribution in [1.82, 2.24) is 0 Å². The Morgan fingerprint density at radius 1 is 1.56 bits per heavy atom. The quantitative estimate of drug-likeness (QED) is 0.848. The maximum absolute atomic E-state index is 10.5. The Morgan fingerprint density at radius 3 is 3.06 bits per heavy atom. The van der Waals surface area contributed by atoms with E-state index in [-0.39, 0.29) is 6.42 Å². The molecule has 1 atom stereocenters. The van der Waals surface area contributed by atoms with Gasteiger partial charge >= 0.3 is 5.97 Å². The van der Waals surface area contributed by atoms with Crippen LogP contribution in [-0.4, -0.2) is 18.2 Å². The number of hydrogen-bond donors (Lipinski definition) is 1. The lowest BCUT2D eigenvalue weighted by molar-refractivity contribution is -0.137. The Morgan fingerprint density at radius 2 is 2.38 bits per heavy atom. The number of carboxylic acids is 1. The first-order chi connectivity index (χ1) is 7.70. The highest BCUT2D eigenvalue weighted by Crippen LogP contribution is 2.37. The predicted molar refractivity (Wildman–Crippen MR) is 60.9 cm³/mol. The van der Waals surface area contributed by atoms with Gasteiger partial charge in [-0.25, -0.2) is 0 Å². The summed E-state index contributed by atoms with van der Waals surface area (Å²) in [6.45, 7) is 0. The van der Waals surface area contributed by atoms with Crippen molar-refractivity contribution in [3.63, 3.8) is 0 Å². The van der Waals surface area contributed by atoms with E-state index in [1.54, 1.807) is 7.11 Å². The lowest BCUT2D eigenvalue weighted by Gasteiger charge is -2.10. The minimum Gasteiger partial charge on any atom is -0.497 e. The molecule has 0 saturated heterocycles. The number of hydrogen-bond acceptors (Lipinski definition) is 2. The number of aliphatic carboxylic acids is 1. The normalized spacial score (nSPS) is 18.2. The summed E-state index contributed by atoms with van der Waals surface area (Å²) in [6.07, 6.45) is 3.11. The summed E-state index contributed by atoms with van der Waals surface area (Å²) in [5, 5.41) is 8.68. The van der Waals surface area contributed by atoms with Gasteiger partial charge < -0.3 is 9.84 Å². The van der Waals surface area contributed by atoms with Gasteiger partial charge in [-0.05, 0) is 48.4 Å². The van der Waals surface area contributed by atoms with E-state index in [0.717, 1.165) is 25.0 Å². The second-order valence-electron chi connectivity index (χ2n) is 4.23. The van der Waals surface area contributed by atoms with Crippen LogP contribution >= 0.6 is 0 Å². The third-order valence-electron chi connectivity index (χ3n) is 3.26. The molecule has 0 radical (unpaired) electrons. The second kappa shape index (κ2) is 4.56. The van der Waals surface area contributed by atoms with E-state index in [4.69, 9.17) is 9.84 Å². The number of methoxy groups -OCH3 is 1. The fourth-order valence-electron chi connectivity index (χ4n) is 2.41. The molecule has 3 heteroatoms. The van der Waals surface area contributed by atoms with E-state index >= 15 is 0 Å². The summed E-state index contributed by atoms with van der Waals surface area (Å²) in [7, 11) is 1.67. The molecule has 0 amide bonds. The topological polar surface area (TPSA) is 46.5 Å². The Hall–Kier alpha value is -1.51. The van der Waals surface area contributed by atoms with Crippen LogP contribution in [0, 0.1) is 0 Å². The summed E-state index contributed by atoms with van der Waals surface area (Å²) >= 11 is 0. The van der Waals surface area contributed by atoms with Gasteiger partial charge in [-0.2, -0.15) is 0 Å². The van der Waals surface area contributed by atoms with E-state index < -0.39 is 5.97 Å². The third kappa shape index (κ3) is 2.18. The zero-order valence-corrected chi connectivity index (χ0v) is 9.40. The van der Waals surface area contributed by atoms with Crippen molar-refractivity contribution in [2.24, 2.45) is 0 Å². The molecule has 0 fully saturated rings. The summed E-state index contributed by atoms with van der Waals surface area (Å²) < 4.78 is 5.18. The van der Waals surface area contributed by atoms with Crippen LogP contribution in [0.1, 0.15) is 36.3 Å². The molecular formula is C13H16O3. The highest BCUT2D eigenvalue weighted by Gasteiger charge is 2.23. The van der Waals surface area contributed by atoms with Crippen molar-refractivity contribution in [3.8, 4) is 5.75 Å². The zero-order chi connectivity index (χ0) is 11.5. The molecule has 0 aromatic heterocycles. The van der Waals surface area contributed by atoms with Crippen molar-refractivity contribution < 1.29 is 14.6 Å². The molecule has 1 aliphatic rings.